The van der Waals surface area contributed by atoms with E-state index in [2.05, 4.69) is 5.32 Å². The third-order valence-electron chi connectivity index (χ3n) is 4.84. The molecule has 3 aromatic rings. The van der Waals surface area contributed by atoms with Crippen LogP contribution in [0.25, 0.3) is 0 Å². The quantitative estimate of drug-likeness (QED) is 0.415. The molecule has 168 valence electrons. The van der Waals surface area contributed by atoms with Gasteiger partial charge in [0, 0.05) is 15.6 Å². The number of rotatable bonds is 8. The van der Waals surface area contributed by atoms with Crippen molar-refractivity contribution in [3.8, 4) is 11.5 Å². The molecule has 0 saturated carbocycles. The third kappa shape index (κ3) is 4.84. The van der Waals surface area contributed by atoms with Gasteiger partial charge in [-0.15, -0.1) is 0 Å². The Balaban J connectivity index is 1.72. The summed E-state index contributed by atoms with van der Waals surface area (Å²) in [6, 6.07) is 21.2. The van der Waals surface area contributed by atoms with E-state index in [0.717, 1.165) is 15.5 Å². The van der Waals surface area contributed by atoms with Crippen molar-refractivity contribution < 1.29 is 19.1 Å². The fourth-order valence-electron chi connectivity index (χ4n) is 3.31. The minimum atomic E-state index is -0.463. The maximum absolute atomic E-state index is 13.5. The van der Waals surface area contributed by atoms with Crippen LogP contribution in [0.5, 0.6) is 11.5 Å². The molecule has 0 saturated heterocycles. The lowest BCUT2D eigenvalue weighted by Crippen LogP contribution is -2.32. The van der Waals surface area contributed by atoms with E-state index >= 15 is 0 Å². The number of hydrogen-bond donors (Lipinski definition) is 1. The number of ether oxygens (including phenoxy) is 2. The van der Waals surface area contributed by atoms with Gasteiger partial charge in [-0.05, 0) is 67.6 Å². The maximum Gasteiger partial charge on any atom is 0.283 e. The number of methoxy groups -OCH3 is 1. The van der Waals surface area contributed by atoms with Crippen LogP contribution >= 0.6 is 23.4 Å². The number of nitrogens with zero attached hydrogens (tertiary/aromatic N) is 1. The fourth-order valence-corrected chi connectivity index (χ4v) is 4.37. The molecule has 4 rings (SSSR count). The molecule has 0 unspecified atom stereocenters. The molecule has 0 radical (unpaired) electrons. The van der Waals surface area contributed by atoms with Gasteiger partial charge >= 0.3 is 0 Å². The lowest BCUT2D eigenvalue weighted by Gasteiger charge is -2.18. The van der Waals surface area contributed by atoms with Gasteiger partial charge in [-0.25, -0.2) is 4.90 Å². The minimum Gasteiger partial charge on any atom is -0.495 e. The van der Waals surface area contributed by atoms with E-state index in [1.165, 1.54) is 18.9 Å². The zero-order chi connectivity index (χ0) is 23.4. The molecule has 1 N–H and O–H groups in total. The first-order chi connectivity index (χ1) is 16.0. The maximum atomic E-state index is 13.5. The molecule has 0 fully saturated rings. The van der Waals surface area contributed by atoms with Crippen LogP contribution in [0.4, 0.5) is 11.4 Å². The zero-order valence-electron chi connectivity index (χ0n) is 18.0. The fraction of sp³-hybridized carbons (Fsp3) is 0.120. The number of halogens is 1. The van der Waals surface area contributed by atoms with Crippen molar-refractivity contribution >= 4 is 46.6 Å². The van der Waals surface area contributed by atoms with Gasteiger partial charge in [-0.1, -0.05) is 35.5 Å². The van der Waals surface area contributed by atoms with E-state index < -0.39 is 11.8 Å². The Bertz CT molecular complexity index is 1210. The average Bonchev–Trinajstić information content (AvgIpc) is 3.05. The van der Waals surface area contributed by atoms with Crippen LogP contribution in [0.15, 0.2) is 88.3 Å². The second-order valence-electron chi connectivity index (χ2n) is 6.96. The summed E-state index contributed by atoms with van der Waals surface area (Å²) in [5.41, 5.74) is 1.23. The predicted octanol–water partition coefficient (Wildman–Crippen LogP) is 5.74. The van der Waals surface area contributed by atoms with Crippen molar-refractivity contribution in [3.05, 3.63) is 88.4 Å². The number of thioether (sulfide) groups is 1. The van der Waals surface area contributed by atoms with Crippen LogP contribution < -0.4 is 19.7 Å². The van der Waals surface area contributed by atoms with Gasteiger partial charge in [0.15, 0.2) is 0 Å². The van der Waals surface area contributed by atoms with E-state index in [9.17, 15) is 9.59 Å². The van der Waals surface area contributed by atoms with Crippen LogP contribution in [0, 0.1) is 0 Å². The van der Waals surface area contributed by atoms with Crippen LogP contribution in [0.2, 0.25) is 5.02 Å². The molecular formula is C25H21ClN2O4S. The third-order valence-corrected chi connectivity index (χ3v) is 6.18. The average molecular weight is 481 g/mol. The number of para-hydroxylation sites is 2. The number of amides is 2. The molecule has 1 aliphatic heterocycles. The van der Waals surface area contributed by atoms with Crippen LogP contribution in [-0.4, -0.2) is 25.5 Å². The highest BCUT2D eigenvalue weighted by Crippen LogP contribution is 2.40. The van der Waals surface area contributed by atoms with E-state index in [1.807, 2.05) is 6.92 Å². The molecule has 0 aliphatic carbocycles. The smallest absolute Gasteiger partial charge is 0.283 e. The summed E-state index contributed by atoms with van der Waals surface area (Å²) in [7, 11) is 1.50. The van der Waals surface area contributed by atoms with Crippen molar-refractivity contribution in [3.63, 3.8) is 0 Å². The molecular weight excluding hydrogens is 460 g/mol. The van der Waals surface area contributed by atoms with Crippen molar-refractivity contribution in [2.24, 2.45) is 0 Å². The Morgan fingerprint density at radius 3 is 2.30 bits per heavy atom. The first-order valence-corrected chi connectivity index (χ1v) is 11.4. The van der Waals surface area contributed by atoms with Gasteiger partial charge in [-0.3, -0.25) is 9.59 Å². The number of carbonyl (C=O) groups excluding carboxylic acids is 2. The molecule has 0 atom stereocenters. The summed E-state index contributed by atoms with van der Waals surface area (Å²) in [5.74, 6) is 0.252. The van der Waals surface area contributed by atoms with Crippen molar-refractivity contribution in [1.82, 2.24) is 0 Å². The Morgan fingerprint density at radius 1 is 0.939 bits per heavy atom. The molecule has 33 heavy (non-hydrogen) atoms. The number of carbonyl (C=O) groups is 2. The molecule has 3 aromatic carbocycles. The highest BCUT2D eigenvalue weighted by atomic mass is 35.5. The van der Waals surface area contributed by atoms with E-state index in [-0.39, 0.29) is 10.6 Å². The molecule has 0 bridgehead atoms. The molecule has 1 heterocycles. The summed E-state index contributed by atoms with van der Waals surface area (Å²) >= 11 is 7.20. The summed E-state index contributed by atoms with van der Waals surface area (Å²) in [5, 5.41) is 3.72. The topological polar surface area (TPSA) is 67.9 Å². The minimum absolute atomic E-state index is 0.190. The number of benzene rings is 3. The normalized spacial score (nSPS) is 13.5. The van der Waals surface area contributed by atoms with Gasteiger partial charge in [0.2, 0.25) is 0 Å². The predicted molar refractivity (Wildman–Crippen MR) is 131 cm³/mol. The Kier molecular flexibility index (Phi) is 6.91. The Labute approximate surface area is 201 Å². The Morgan fingerprint density at radius 2 is 1.64 bits per heavy atom. The molecule has 0 spiro atoms. The zero-order valence-corrected chi connectivity index (χ0v) is 19.6. The molecule has 1 aliphatic rings. The van der Waals surface area contributed by atoms with Crippen LogP contribution in [0.1, 0.15) is 6.92 Å². The largest absolute Gasteiger partial charge is 0.495 e. The molecule has 6 nitrogen and oxygen atoms in total. The van der Waals surface area contributed by atoms with Gasteiger partial charge < -0.3 is 14.8 Å². The highest BCUT2D eigenvalue weighted by Gasteiger charge is 2.41. The second-order valence-corrected chi connectivity index (χ2v) is 8.48. The number of imide groups is 1. The second kappa shape index (κ2) is 10.0. The monoisotopic (exact) mass is 480 g/mol. The van der Waals surface area contributed by atoms with Gasteiger partial charge in [0.05, 0.1) is 19.4 Å². The van der Waals surface area contributed by atoms with Crippen LogP contribution in [-0.2, 0) is 9.59 Å². The summed E-state index contributed by atoms with van der Waals surface area (Å²) < 4.78 is 10.9. The molecule has 2 amide bonds. The van der Waals surface area contributed by atoms with E-state index in [4.69, 9.17) is 21.1 Å². The van der Waals surface area contributed by atoms with Gasteiger partial charge in [0.1, 0.15) is 22.1 Å². The van der Waals surface area contributed by atoms with E-state index in [1.54, 1.807) is 72.8 Å². The van der Waals surface area contributed by atoms with Crippen molar-refractivity contribution in [2.45, 2.75) is 11.8 Å². The molecule has 8 heteroatoms. The van der Waals surface area contributed by atoms with E-state index in [0.29, 0.717) is 28.8 Å². The SMILES string of the molecule is CCOc1ccc(NC2=C(Sc3ccc(Cl)cc3)C(=O)N(c3ccccc3OC)C2=O)cc1. The first-order valence-electron chi connectivity index (χ1n) is 10.2. The van der Waals surface area contributed by atoms with Crippen molar-refractivity contribution in [2.75, 3.05) is 23.9 Å². The number of hydrogen-bond acceptors (Lipinski definition) is 6. The number of nitrogens with one attached hydrogen (secondary N) is 1. The first kappa shape index (κ1) is 22.8. The Hall–Kier alpha value is -3.42. The lowest BCUT2D eigenvalue weighted by molar-refractivity contribution is -0.120. The highest BCUT2D eigenvalue weighted by molar-refractivity contribution is 8.04. The van der Waals surface area contributed by atoms with Gasteiger partial charge in [0.25, 0.3) is 11.8 Å². The standard InChI is InChI=1S/C25H21ClN2O4S/c1-3-32-18-12-10-17(11-13-18)27-22-23(33-19-14-8-16(26)9-15-19)25(30)28(24(22)29)20-6-4-5-7-21(20)31-2/h4-15,27H,3H2,1-2H3. The molecule has 0 aromatic heterocycles. The number of anilines is 2. The summed E-state index contributed by atoms with van der Waals surface area (Å²) in [6.07, 6.45) is 0. The van der Waals surface area contributed by atoms with Crippen LogP contribution in [0.3, 0.4) is 0 Å². The summed E-state index contributed by atoms with van der Waals surface area (Å²) in [4.78, 5) is 29.2. The van der Waals surface area contributed by atoms with Gasteiger partial charge in [-0.2, -0.15) is 0 Å². The van der Waals surface area contributed by atoms with Crippen molar-refractivity contribution in [1.29, 1.82) is 0 Å². The lowest BCUT2D eigenvalue weighted by atomic mass is 10.2. The summed E-state index contributed by atoms with van der Waals surface area (Å²) in [6.45, 7) is 2.47.